The van der Waals surface area contributed by atoms with Crippen molar-refractivity contribution >= 4 is 58.5 Å². The molecule has 0 fully saturated rings. The number of halogens is 1. The summed E-state index contributed by atoms with van der Waals surface area (Å²) >= 11 is 7.55. The highest BCUT2D eigenvalue weighted by atomic mass is 35.5. The van der Waals surface area contributed by atoms with Gasteiger partial charge in [-0.2, -0.15) is 0 Å². The molecule has 0 aliphatic rings. The first-order chi connectivity index (χ1) is 22.2. The van der Waals surface area contributed by atoms with Crippen LogP contribution in [0.15, 0.2) is 138 Å². The SMILES string of the molecule is Cc1ccc(NC(=O)C(Sc2cccc(NC(=O)/C(=C/c3cccc(Cl)c3)NC(=O)c3ccccc3)c2)c2ccccc2)cc1C. The molecule has 6 nitrogen and oxygen atoms in total. The fourth-order valence-corrected chi connectivity index (χ4v) is 5.90. The minimum atomic E-state index is -0.558. The Bertz CT molecular complexity index is 1890. The van der Waals surface area contributed by atoms with E-state index in [0.717, 1.165) is 27.3 Å². The zero-order valence-electron chi connectivity index (χ0n) is 25.3. The normalized spacial score (nSPS) is 11.8. The lowest BCUT2D eigenvalue weighted by atomic mass is 10.1. The van der Waals surface area contributed by atoms with E-state index in [0.29, 0.717) is 21.8 Å². The molecule has 8 heteroatoms. The highest BCUT2D eigenvalue weighted by Crippen LogP contribution is 2.37. The van der Waals surface area contributed by atoms with Gasteiger partial charge in [0.15, 0.2) is 0 Å². The fourth-order valence-electron chi connectivity index (χ4n) is 4.61. The second-order valence-electron chi connectivity index (χ2n) is 10.6. The second kappa shape index (κ2) is 15.3. The molecule has 0 spiro atoms. The van der Waals surface area contributed by atoms with Crippen molar-refractivity contribution in [3.8, 4) is 0 Å². The topological polar surface area (TPSA) is 87.3 Å². The number of carbonyl (C=O) groups excluding carboxylic acids is 3. The Kier molecular flexibility index (Phi) is 10.7. The molecule has 0 saturated heterocycles. The van der Waals surface area contributed by atoms with Crippen LogP contribution in [0, 0.1) is 13.8 Å². The molecule has 230 valence electrons. The zero-order valence-corrected chi connectivity index (χ0v) is 26.9. The average Bonchev–Trinajstić information content (AvgIpc) is 3.06. The van der Waals surface area contributed by atoms with Crippen LogP contribution in [0.4, 0.5) is 11.4 Å². The number of nitrogens with one attached hydrogen (secondary N) is 3. The van der Waals surface area contributed by atoms with Gasteiger partial charge in [-0.1, -0.05) is 84.4 Å². The summed E-state index contributed by atoms with van der Waals surface area (Å²) in [6.45, 7) is 4.04. The average molecular weight is 646 g/mol. The van der Waals surface area contributed by atoms with Gasteiger partial charge in [0.25, 0.3) is 11.8 Å². The standard InChI is InChI=1S/C38H32ClN3O3S/c1-25-19-20-32(21-26(25)2)41-38(45)35(28-12-5-3-6-13-28)46-33-18-10-17-31(24-33)40-37(44)34(23-27-11-9-16-30(39)22-27)42-36(43)29-14-7-4-8-15-29/h3-24,35H,1-2H3,(H,40,44)(H,41,45)(H,42,43)/b34-23-. The highest BCUT2D eigenvalue weighted by molar-refractivity contribution is 8.00. The summed E-state index contributed by atoms with van der Waals surface area (Å²) in [5.41, 5.74) is 5.43. The minimum absolute atomic E-state index is 0.0455. The first-order valence-corrected chi connectivity index (χ1v) is 15.9. The van der Waals surface area contributed by atoms with E-state index in [-0.39, 0.29) is 11.6 Å². The molecule has 5 aromatic rings. The maximum Gasteiger partial charge on any atom is 0.272 e. The van der Waals surface area contributed by atoms with Crippen LogP contribution >= 0.6 is 23.4 Å². The second-order valence-corrected chi connectivity index (χ2v) is 12.2. The van der Waals surface area contributed by atoms with Crippen LogP contribution in [0.2, 0.25) is 5.02 Å². The predicted molar refractivity (Wildman–Crippen MR) is 188 cm³/mol. The van der Waals surface area contributed by atoms with E-state index in [1.54, 1.807) is 66.7 Å². The molecule has 46 heavy (non-hydrogen) atoms. The van der Waals surface area contributed by atoms with E-state index >= 15 is 0 Å². The van der Waals surface area contributed by atoms with E-state index in [4.69, 9.17) is 11.6 Å². The predicted octanol–water partition coefficient (Wildman–Crippen LogP) is 8.84. The third kappa shape index (κ3) is 8.75. The van der Waals surface area contributed by atoms with Gasteiger partial charge in [-0.05, 0) is 96.8 Å². The van der Waals surface area contributed by atoms with Crippen molar-refractivity contribution in [2.24, 2.45) is 0 Å². The summed E-state index contributed by atoms with van der Waals surface area (Å²) < 4.78 is 0. The summed E-state index contributed by atoms with van der Waals surface area (Å²) in [5.74, 6) is -1.10. The zero-order chi connectivity index (χ0) is 32.5. The van der Waals surface area contributed by atoms with E-state index < -0.39 is 17.1 Å². The Hall–Kier alpha value is -5.11. The molecule has 3 amide bonds. The Morgan fingerprint density at radius 2 is 1.39 bits per heavy atom. The number of thioether (sulfide) groups is 1. The Morgan fingerprint density at radius 1 is 0.696 bits per heavy atom. The molecule has 3 N–H and O–H groups in total. The maximum atomic E-state index is 13.6. The van der Waals surface area contributed by atoms with Crippen molar-refractivity contribution in [1.82, 2.24) is 5.32 Å². The molecule has 1 unspecified atom stereocenters. The van der Waals surface area contributed by atoms with E-state index in [1.807, 2.05) is 80.6 Å². The number of hydrogen-bond acceptors (Lipinski definition) is 4. The lowest BCUT2D eigenvalue weighted by Gasteiger charge is -2.18. The van der Waals surface area contributed by atoms with Crippen LogP contribution in [-0.4, -0.2) is 17.7 Å². The lowest BCUT2D eigenvalue weighted by molar-refractivity contribution is -0.116. The summed E-state index contributed by atoms with van der Waals surface area (Å²) in [6.07, 6.45) is 1.57. The van der Waals surface area contributed by atoms with Crippen LogP contribution in [0.5, 0.6) is 0 Å². The van der Waals surface area contributed by atoms with Crippen LogP contribution in [0.1, 0.15) is 37.9 Å². The van der Waals surface area contributed by atoms with Crippen molar-refractivity contribution in [2.75, 3.05) is 10.6 Å². The van der Waals surface area contributed by atoms with Gasteiger partial charge in [0.2, 0.25) is 5.91 Å². The molecule has 1 atom stereocenters. The molecule has 0 aliphatic carbocycles. The highest BCUT2D eigenvalue weighted by Gasteiger charge is 2.23. The van der Waals surface area contributed by atoms with Crippen molar-refractivity contribution < 1.29 is 14.4 Å². The van der Waals surface area contributed by atoms with Crippen molar-refractivity contribution in [2.45, 2.75) is 24.0 Å². The van der Waals surface area contributed by atoms with E-state index in [9.17, 15) is 14.4 Å². The minimum Gasteiger partial charge on any atom is -0.325 e. The Balaban J connectivity index is 1.38. The largest absolute Gasteiger partial charge is 0.325 e. The van der Waals surface area contributed by atoms with Crippen LogP contribution in [0.3, 0.4) is 0 Å². The first kappa shape index (κ1) is 32.3. The molecular weight excluding hydrogens is 614 g/mol. The quantitative estimate of drug-likeness (QED) is 0.105. The molecule has 5 rings (SSSR count). The Labute approximate surface area is 277 Å². The van der Waals surface area contributed by atoms with Crippen LogP contribution in [-0.2, 0) is 9.59 Å². The number of aryl methyl sites for hydroxylation is 2. The monoisotopic (exact) mass is 645 g/mol. The number of rotatable bonds is 10. The number of carbonyl (C=O) groups is 3. The van der Waals surface area contributed by atoms with Crippen LogP contribution in [0.25, 0.3) is 6.08 Å². The van der Waals surface area contributed by atoms with Gasteiger partial charge in [0.1, 0.15) is 10.9 Å². The molecule has 0 aromatic heterocycles. The van der Waals surface area contributed by atoms with Gasteiger partial charge in [0, 0.05) is 26.9 Å². The van der Waals surface area contributed by atoms with Crippen molar-refractivity contribution in [1.29, 1.82) is 0 Å². The van der Waals surface area contributed by atoms with Gasteiger partial charge in [-0.3, -0.25) is 14.4 Å². The molecule has 0 bridgehead atoms. The van der Waals surface area contributed by atoms with Gasteiger partial charge < -0.3 is 16.0 Å². The van der Waals surface area contributed by atoms with Gasteiger partial charge >= 0.3 is 0 Å². The fraction of sp³-hybridized carbons (Fsp3) is 0.0789. The number of amides is 3. The maximum absolute atomic E-state index is 13.6. The van der Waals surface area contributed by atoms with Gasteiger partial charge in [-0.15, -0.1) is 11.8 Å². The first-order valence-electron chi connectivity index (χ1n) is 14.6. The summed E-state index contributed by atoms with van der Waals surface area (Å²) in [7, 11) is 0. The molecule has 0 saturated carbocycles. The van der Waals surface area contributed by atoms with Crippen LogP contribution < -0.4 is 16.0 Å². The van der Waals surface area contributed by atoms with E-state index in [2.05, 4.69) is 16.0 Å². The molecule has 0 aliphatic heterocycles. The smallest absolute Gasteiger partial charge is 0.272 e. The van der Waals surface area contributed by atoms with Gasteiger partial charge in [-0.25, -0.2) is 0 Å². The third-order valence-electron chi connectivity index (χ3n) is 7.15. The van der Waals surface area contributed by atoms with E-state index in [1.165, 1.54) is 11.8 Å². The summed E-state index contributed by atoms with van der Waals surface area (Å²) in [5, 5.41) is 8.65. The lowest BCUT2D eigenvalue weighted by Crippen LogP contribution is -2.30. The third-order valence-corrected chi connectivity index (χ3v) is 8.63. The number of anilines is 2. The van der Waals surface area contributed by atoms with Gasteiger partial charge in [0.05, 0.1) is 0 Å². The number of benzene rings is 5. The van der Waals surface area contributed by atoms with Crippen molar-refractivity contribution in [3.05, 3.63) is 166 Å². The molecule has 0 heterocycles. The summed E-state index contributed by atoms with van der Waals surface area (Å²) in [4.78, 5) is 41.0. The summed E-state index contributed by atoms with van der Waals surface area (Å²) in [6, 6.07) is 38.3. The van der Waals surface area contributed by atoms with Crippen molar-refractivity contribution in [3.63, 3.8) is 0 Å². The number of hydrogen-bond donors (Lipinski definition) is 3. The molecule has 0 radical (unpaired) electrons. The molecular formula is C38H32ClN3O3S. The Morgan fingerprint density at radius 3 is 2.11 bits per heavy atom. The molecule has 5 aromatic carbocycles.